The van der Waals surface area contributed by atoms with Crippen molar-refractivity contribution >= 4 is 34.1 Å². The van der Waals surface area contributed by atoms with Crippen LogP contribution < -0.4 is 10.3 Å². The van der Waals surface area contributed by atoms with Gasteiger partial charge in [-0.25, -0.2) is 9.67 Å². The van der Waals surface area contributed by atoms with Crippen LogP contribution in [-0.4, -0.2) is 24.3 Å². The van der Waals surface area contributed by atoms with Gasteiger partial charge in [0.15, 0.2) is 0 Å². The molecule has 0 saturated heterocycles. The van der Waals surface area contributed by atoms with Crippen LogP contribution in [0.25, 0.3) is 16.6 Å². The third kappa shape index (κ3) is 4.79. The van der Waals surface area contributed by atoms with Crippen LogP contribution in [0.1, 0.15) is 28.2 Å². The molecule has 0 atom stereocenters. The highest BCUT2D eigenvalue weighted by atomic mass is 35.5. The fourth-order valence-corrected chi connectivity index (χ4v) is 4.66. The van der Waals surface area contributed by atoms with Gasteiger partial charge in [-0.3, -0.25) is 9.78 Å². The summed E-state index contributed by atoms with van der Waals surface area (Å²) in [5.41, 5.74) is 3.81. The van der Waals surface area contributed by atoms with Crippen LogP contribution in [0.2, 0.25) is 10.2 Å². The lowest BCUT2D eigenvalue weighted by Crippen LogP contribution is -2.23. The van der Waals surface area contributed by atoms with Crippen LogP contribution in [0, 0.1) is 25.2 Å². The largest absolute Gasteiger partial charge is 0.486 e. The standard InChI is InChI=1S/C27H20Cl2N6O2/c1-16-11-21(28)20(22(32-16)14-34-10-4-5-18(13-30)27(34)36)15-37-24-7-3-6-19-23(12-17(2)33-26(19)24)35-25(29)8-9-31-35/h3-12H,14-15H2,1-2H3. The summed E-state index contributed by atoms with van der Waals surface area (Å²) in [6.45, 7) is 3.96. The fourth-order valence-electron chi connectivity index (χ4n) is 4.15. The second-order valence-electron chi connectivity index (χ2n) is 8.43. The molecule has 0 spiro atoms. The van der Waals surface area contributed by atoms with Gasteiger partial charge in [-0.05, 0) is 50.2 Å². The quantitative estimate of drug-likeness (QED) is 0.291. The van der Waals surface area contributed by atoms with Crippen molar-refractivity contribution < 1.29 is 4.74 Å². The first-order valence-electron chi connectivity index (χ1n) is 11.3. The molecule has 10 heteroatoms. The highest BCUT2D eigenvalue weighted by Gasteiger charge is 2.16. The second-order valence-corrected chi connectivity index (χ2v) is 9.22. The van der Waals surface area contributed by atoms with Crippen molar-refractivity contribution in [2.45, 2.75) is 27.0 Å². The van der Waals surface area contributed by atoms with E-state index in [-0.39, 0.29) is 18.7 Å². The van der Waals surface area contributed by atoms with Crippen molar-refractivity contribution in [2.24, 2.45) is 0 Å². The first kappa shape index (κ1) is 24.5. The van der Waals surface area contributed by atoms with Gasteiger partial charge >= 0.3 is 0 Å². The number of hydrogen-bond acceptors (Lipinski definition) is 6. The number of rotatable bonds is 6. The summed E-state index contributed by atoms with van der Waals surface area (Å²) in [5, 5.41) is 15.3. The Labute approximate surface area is 222 Å². The number of para-hydroxylation sites is 1. The van der Waals surface area contributed by atoms with E-state index in [0.29, 0.717) is 38.4 Å². The number of halogens is 2. The predicted octanol–water partition coefficient (Wildman–Crippen LogP) is 5.40. The predicted molar refractivity (Wildman–Crippen MR) is 141 cm³/mol. The summed E-state index contributed by atoms with van der Waals surface area (Å²) in [6.07, 6.45) is 3.25. The lowest BCUT2D eigenvalue weighted by molar-refractivity contribution is 0.307. The van der Waals surface area contributed by atoms with E-state index >= 15 is 0 Å². The summed E-state index contributed by atoms with van der Waals surface area (Å²) >= 11 is 13.0. The minimum absolute atomic E-state index is 0.0596. The number of nitrogens with zero attached hydrogens (tertiary/aromatic N) is 6. The van der Waals surface area contributed by atoms with Gasteiger partial charge in [0.1, 0.15) is 34.7 Å². The van der Waals surface area contributed by atoms with Crippen molar-refractivity contribution in [1.82, 2.24) is 24.3 Å². The third-order valence-electron chi connectivity index (χ3n) is 5.85. The van der Waals surface area contributed by atoms with E-state index in [1.165, 1.54) is 10.6 Å². The van der Waals surface area contributed by atoms with Crippen LogP contribution in [0.3, 0.4) is 0 Å². The SMILES string of the molecule is Cc1cc(Cl)c(COc2cccc3c(-n4nccc4Cl)cc(C)nc23)c(Cn2cccc(C#N)c2=O)n1. The molecule has 37 heavy (non-hydrogen) atoms. The third-order valence-corrected chi connectivity index (χ3v) is 6.47. The van der Waals surface area contributed by atoms with Gasteiger partial charge in [-0.15, -0.1) is 0 Å². The number of benzene rings is 1. The van der Waals surface area contributed by atoms with Crippen LogP contribution in [0.15, 0.2) is 65.7 Å². The van der Waals surface area contributed by atoms with E-state index in [2.05, 4.69) is 10.1 Å². The Morgan fingerprint density at radius 2 is 1.86 bits per heavy atom. The highest BCUT2D eigenvalue weighted by molar-refractivity contribution is 6.31. The molecule has 1 aromatic carbocycles. The van der Waals surface area contributed by atoms with Gasteiger partial charge < -0.3 is 9.30 Å². The maximum Gasteiger partial charge on any atom is 0.268 e. The molecule has 0 amide bonds. The minimum Gasteiger partial charge on any atom is -0.486 e. The van der Waals surface area contributed by atoms with E-state index < -0.39 is 5.56 Å². The van der Waals surface area contributed by atoms with Crippen molar-refractivity contribution in [1.29, 1.82) is 5.26 Å². The zero-order valence-electron chi connectivity index (χ0n) is 19.9. The smallest absolute Gasteiger partial charge is 0.268 e. The first-order valence-corrected chi connectivity index (χ1v) is 12.1. The Hall–Kier alpha value is -4.19. The van der Waals surface area contributed by atoms with Crippen LogP contribution in [-0.2, 0) is 13.2 Å². The molecule has 0 saturated carbocycles. The zero-order chi connectivity index (χ0) is 26.1. The molecule has 184 valence electrons. The Balaban J connectivity index is 1.53. The van der Waals surface area contributed by atoms with Crippen LogP contribution in [0.4, 0.5) is 0 Å². The minimum atomic E-state index is -0.394. The molecule has 0 aliphatic carbocycles. The molecule has 0 fully saturated rings. The van der Waals surface area contributed by atoms with Gasteiger partial charge in [-0.2, -0.15) is 10.4 Å². The van der Waals surface area contributed by atoms with Gasteiger partial charge in [0.2, 0.25) is 0 Å². The highest BCUT2D eigenvalue weighted by Crippen LogP contribution is 2.32. The van der Waals surface area contributed by atoms with Crippen molar-refractivity contribution in [3.8, 4) is 17.5 Å². The summed E-state index contributed by atoms with van der Waals surface area (Å²) in [5.74, 6) is 0.553. The van der Waals surface area contributed by atoms with Gasteiger partial charge in [-0.1, -0.05) is 35.3 Å². The number of fused-ring (bicyclic) bond motifs is 1. The van der Waals surface area contributed by atoms with E-state index in [0.717, 1.165) is 16.8 Å². The molecule has 8 nitrogen and oxygen atoms in total. The fraction of sp³-hybridized carbons (Fsp3) is 0.148. The van der Waals surface area contributed by atoms with Crippen molar-refractivity contribution in [3.05, 3.63) is 110 Å². The van der Waals surface area contributed by atoms with Gasteiger partial charge in [0.05, 0.1) is 29.1 Å². The average Bonchev–Trinajstić information content (AvgIpc) is 3.30. The average molecular weight is 531 g/mol. The number of aryl methyl sites for hydroxylation is 2. The zero-order valence-corrected chi connectivity index (χ0v) is 21.5. The molecule has 0 radical (unpaired) electrons. The Morgan fingerprint density at radius 1 is 1.05 bits per heavy atom. The van der Waals surface area contributed by atoms with Crippen LogP contribution >= 0.6 is 23.2 Å². The van der Waals surface area contributed by atoms with Crippen LogP contribution in [0.5, 0.6) is 5.75 Å². The Bertz CT molecular complexity index is 1750. The number of ether oxygens (including phenoxy) is 1. The summed E-state index contributed by atoms with van der Waals surface area (Å²) in [4.78, 5) is 22.0. The topological polar surface area (TPSA) is 98.6 Å². The lowest BCUT2D eigenvalue weighted by atomic mass is 10.1. The maximum atomic E-state index is 12.6. The van der Waals surface area contributed by atoms with Crippen molar-refractivity contribution in [3.63, 3.8) is 0 Å². The normalized spacial score (nSPS) is 11.0. The number of hydrogen-bond donors (Lipinski definition) is 0. The van der Waals surface area contributed by atoms with E-state index in [4.69, 9.17) is 32.9 Å². The molecule has 4 aromatic heterocycles. The molecule has 5 rings (SSSR count). The van der Waals surface area contributed by atoms with Gasteiger partial charge in [0, 0.05) is 28.5 Å². The molecule has 0 aliphatic rings. The molecular formula is C27H20Cl2N6O2. The molecule has 4 heterocycles. The Morgan fingerprint density at radius 3 is 2.62 bits per heavy atom. The molecule has 0 bridgehead atoms. The molecule has 0 aliphatic heterocycles. The molecule has 5 aromatic rings. The molecule has 0 N–H and O–H groups in total. The second kappa shape index (κ2) is 10.1. The maximum absolute atomic E-state index is 12.6. The number of aromatic nitrogens is 5. The Kier molecular flexibility index (Phi) is 6.66. The van der Waals surface area contributed by atoms with Crippen molar-refractivity contribution in [2.75, 3.05) is 0 Å². The van der Waals surface area contributed by atoms with E-state index in [9.17, 15) is 10.1 Å². The molecule has 0 unspecified atom stereocenters. The summed E-state index contributed by atoms with van der Waals surface area (Å²) < 4.78 is 9.33. The lowest BCUT2D eigenvalue weighted by Gasteiger charge is -2.16. The van der Waals surface area contributed by atoms with E-state index in [1.54, 1.807) is 35.3 Å². The summed E-state index contributed by atoms with van der Waals surface area (Å²) in [6, 6.07) is 16.1. The number of nitriles is 1. The monoisotopic (exact) mass is 530 g/mol. The summed E-state index contributed by atoms with van der Waals surface area (Å²) in [7, 11) is 0. The first-order chi connectivity index (χ1) is 17.9. The molecular weight excluding hydrogens is 511 g/mol. The van der Waals surface area contributed by atoms with Gasteiger partial charge in [0.25, 0.3) is 5.56 Å². The number of pyridine rings is 3. The van der Waals surface area contributed by atoms with E-state index in [1.807, 2.05) is 44.2 Å².